The molecule has 0 amide bonds. The van der Waals surface area contributed by atoms with Crippen LogP contribution < -0.4 is 0 Å². The quantitative estimate of drug-likeness (QED) is 0.270. The fourth-order valence-electron chi connectivity index (χ4n) is 9.06. The van der Waals surface area contributed by atoms with Crippen molar-refractivity contribution in [3.63, 3.8) is 0 Å². The fourth-order valence-corrected chi connectivity index (χ4v) is 9.77. The summed E-state index contributed by atoms with van der Waals surface area (Å²) in [6.45, 7) is 3.62. The van der Waals surface area contributed by atoms with Crippen molar-refractivity contribution in [1.82, 2.24) is 14.8 Å². The Hall–Kier alpha value is -3.38. The third-order valence-electron chi connectivity index (χ3n) is 11.2. The molecule has 4 aliphatic rings. The molecule has 7 rings (SSSR count). The van der Waals surface area contributed by atoms with Gasteiger partial charge in [-0.3, -0.25) is 4.79 Å². The maximum Gasteiger partial charge on any atom is 0.375 e. The number of hydrogen-bond acceptors (Lipinski definition) is 8. The van der Waals surface area contributed by atoms with E-state index >= 15 is 4.39 Å². The number of allylic oxidation sites excluding steroid dienone is 1. The largest absolute Gasteiger partial charge is 0.457 e. The summed E-state index contributed by atoms with van der Waals surface area (Å²) in [6, 6.07) is 4.77. The number of aliphatic hydroxyl groups excluding tert-OH is 1. The molecule has 3 heterocycles. The summed E-state index contributed by atoms with van der Waals surface area (Å²) in [5.41, 5.74) is -3.06. The number of pyridine rings is 1. The molecule has 0 aliphatic heterocycles. The second-order valence-corrected chi connectivity index (χ2v) is 13.8. The normalized spacial score (nSPS) is 35.6. The number of nitrogens with zero attached hydrogens (tertiary/aromatic N) is 3. The van der Waals surface area contributed by atoms with Crippen molar-refractivity contribution < 1.29 is 37.0 Å². The summed E-state index contributed by atoms with van der Waals surface area (Å²) in [5, 5.41) is 15.7. The van der Waals surface area contributed by atoms with Crippen LogP contribution in [0.2, 0.25) is 0 Å². The van der Waals surface area contributed by atoms with E-state index in [2.05, 4.69) is 10.1 Å². The van der Waals surface area contributed by atoms with Crippen LogP contribution in [0.25, 0.3) is 11.8 Å². The maximum atomic E-state index is 18.1. The van der Waals surface area contributed by atoms with Gasteiger partial charge in [0.15, 0.2) is 5.60 Å². The molecule has 12 heteroatoms. The monoisotopic (exact) mass is 627 g/mol. The minimum absolute atomic E-state index is 0.0911. The fraction of sp³-hybridized carbons (Fsp3) is 0.500. The predicted octanol–water partition coefficient (Wildman–Crippen LogP) is 6.03. The van der Waals surface area contributed by atoms with E-state index in [9.17, 15) is 23.5 Å². The Labute approximate surface area is 256 Å². The first-order valence-corrected chi connectivity index (χ1v) is 15.7. The lowest BCUT2D eigenvalue weighted by atomic mass is 9.44. The lowest BCUT2D eigenvalue weighted by Gasteiger charge is -2.63. The molecule has 0 aromatic carbocycles. The van der Waals surface area contributed by atoms with Gasteiger partial charge in [0, 0.05) is 16.7 Å². The van der Waals surface area contributed by atoms with Gasteiger partial charge in [0.2, 0.25) is 16.8 Å². The van der Waals surface area contributed by atoms with Crippen molar-refractivity contribution in [2.75, 3.05) is 6.01 Å². The van der Waals surface area contributed by atoms with E-state index in [-0.39, 0.29) is 25.0 Å². The molecule has 3 fully saturated rings. The number of aromatic nitrogens is 3. The molecule has 8 nitrogen and oxygen atoms in total. The Morgan fingerprint density at radius 2 is 2.02 bits per heavy atom. The number of aliphatic hydroxyl groups is 1. The average Bonchev–Trinajstić information content (AvgIpc) is 3.73. The number of fused-ring (bicyclic) bond motifs is 6. The zero-order valence-corrected chi connectivity index (χ0v) is 25.1. The highest BCUT2D eigenvalue weighted by atomic mass is 32.2. The van der Waals surface area contributed by atoms with E-state index in [1.54, 1.807) is 23.9 Å². The highest BCUT2D eigenvalue weighted by molar-refractivity contribution is 8.13. The van der Waals surface area contributed by atoms with E-state index in [0.717, 1.165) is 16.8 Å². The van der Waals surface area contributed by atoms with Crippen LogP contribution in [0.5, 0.6) is 0 Å². The van der Waals surface area contributed by atoms with E-state index < -0.39 is 63.1 Å². The molecule has 4 aliphatic carbocycles. The number of halogens is 3. The predicted molar refractivity (Wildman–Crippen MR) is 155 cm³/mol. The number of carbonyl (C=O) groups excluding carboxylic acids is 2. The number of rotatable bonds is 5. The number of ether oxygens (including phenoxy) is 1. The van der Waals surface area contributed by atoms with Crippen LogP contribution in [0.4, 0.5) is 13.2 Å². The molecule has 0 spiro atoms. The summed E-state index contributed by atoms with van der Waals surface area (Å²) >= 11 is 0.429. The van der Waals surface area contributed by atoms with E-state index in [1.165, 1.54) is 30.7 Å². The smallest absolute Gasteiger partial charge is 0.375 e. The maximum absolute atomic E-state index is 18.1. The Morgan fingerprint density at radius 3 is 2.73 bits per heavy atom. The van der Waals surface area contributed by atoms with Crippen molar-refractivity contribution >= 4 is 28.9 Å². The van der Waals surface area contributed by atoms with Crippen LogP contribution in [0.15, 0.2) is 52.9 Å². The molecule has 44 heavy (non-hydrogen) atoms. The molecular formula is C32H32F3N3O5S. The van der Waals surface area contributed by atoms with E-state index in [1.807, 2.05) is 13.0 Å². The van der Waals surface area contributed by atoms with Gasteiger partial charge in [0.25, 0.3) is 0 Å². The highest BCUT2D eigenvalue weighted by Gasteiger charge is 2.76. The van der Waals surface area contributed by atoms with Crippen LogP contribution in [0, 0.1) is 28.6 Å². The summed E-state index contributed by atoms with van der Waals surface area (Å²) < 4.78 is 57.9. The third-order valence-corrected chi connectivity index (χ3v) is 11.9. The molecule has 0 unspecified atom stereocenters. The molecule has 0 saturated heterocycles. The first-order valence-electron chi connectivity index (χ1n) is 14.8. The molecule has 7 atom stereocenters. The van der Waals surface area contributed by atoms with Gasteiger partial charge in [-0.1, -0.05) is 19.4 Å². The Morgan fingerprint density at radius 1 is 1.20 bits per heavy atom. The first-order chi connectivity index (χ1) is 21.0. The van der Waals surface area contributed by atoms with Crippen molar-refractivity contribution in [2.24, 2.45) is 22.7 Å². The number of hydrogen-bond donors (Lipinski definition) is 1. The second-order valence-electron chi connectivity index (χ2n) is 12.9. The molecule has 3 aromatic heterocycles. The molecular weight excluding hydrogens is 595 g/mol. The van der Waals surface area contributed by atoms with Crippen LogP contribution in [0.1, 0.15) is 67.8 Å². The van der Waals surface area contributed by atoms with Gasteiger partial charge >= 0.3 is 5.97 Å². The lowest BCUT2D eigenvalue weighted by Crippen LogP contribution is -2.70. The summed E-state index contributed by atoms with van der Waals surface area (Å²) in [7, 11) is 0. The van der Waals surface area contributed by atoms with Crippen molar-refractivity contribution in [3.8, 4) is 5.69 Å². The van der Waals surface area contributed by atoms with Gasteiger partial charge in [-0.25, -0.2) is 23.2 Å². The topological polar surface area (TPSA) is 107 Å². The van der Waals surface area contributed by atoms with Crippen LogP contribution in [0.3, 0.4) is 0 Å². The van der Waals surface area contributed by atoms with Gasteiger partial charge < -0.3 is 14.3 Å². The Balaban J connectivity index is 1.26. The number of thioether (sulfide) groups is 1. The zero-order valence-electron chi connectivity index (χ0n) is 24.3. The molecule has 0 bridgehead atoms. The molecule has 3 saturated carbocycles. The van der Waals surface area contributed by atoms with E-state index in [4.69, 9.17) is 9.15 Å². The number of carbonyl (C=O) groups is 2. The van der Waals surface area contributed by atoms with Crippen molar-refractivity contribution in [2.45, 2.75) is 69.7 Å². The van der Waals surface area contributed by atoms with Gasteiger partial charge in [-0.2, -0.15) is 9.49 Å². The van der Waals surface area contributed by atoms with Gasteiger partial charge in [-0.15, -0.1) is 0 Å². The summed E-state index contributed by atoms with van der Waals surface area (Å²) in [5.74, 6) is -2.62. The summed E-state index contributed by atoms with van der Waals surface area (Å²) in [6.07, 6.45) is 6.36. The van der Waals surface area contributed by atoms with E-state index in [0.29, 0.717) is 36.7 Å². The second kappa shape index (κ2) is 10.1. The van der Waals surface area contributed by atoms with Crippen LogP contribution >= 0.6 is 11.8 Å². The number of furan rings is 1. The first kappa shape index (κ1) is 29.3. The minimum Gasteiger partial charge on any atom is -0.457 e. The SMILES string of the molecule is C[C@]12Cc3cnn(-c4ccc(F)nc4)c3C=C1CC[C@H]1[C@@H]3CC[C@](OC(=O)c4ccco4)(C(=O)SCF)[C@@]3(C)C[C@H](O)[C@@]12F. The standard InChI is InChI=1S/C32H32F3N3O5S/c1-29-13-18-15-37-38(20-6-8-26(34)36-16-20)23(18)12-19(29)5-7-22-21-9-10-31(28(41)44-17-33,43-27(40)24-4-3-11-42-24)30(21,2)14-25(39)32(22,29)35/h3-4,6,8,11-12,15-16,21-22,25,39H,5,7,9-10,13-14,17H2,1-2H3/t21-,22-,25-,29-,30-,31-,32-/m0/s1. The molecule has 1 N–H and O–H groups in total. The third kappa shape index (κ3) is 3.82. The Kier molecular flexibility index (Phi) is 6.71. The Bertz CT molecular complexity index is 1660. The number of esters is 1. The number of alkyl halides is 2. The van der Waals surface area contributed by atoms with Gasteiger partial charge in [0.05, 0.1) is 36.1 Å². The lowest BCUT2D eigenvalue weighted by molar-refractivity contribution is -0.222. The molecule has 232 valence electrons. The summed E-state index contributed by atoms with van der Waals surface area (Å²) in [4.78, 5) is 30.5. The average molecular weight is 628 g/mol. The van der Waals surface area contributed by atoms with Crippen molar-refractivity contribution in [1.29, 1.82) is 0 Å². The minimum atomic E-state index is -2.06. The van der Waals surface area contributed by atoms with Gasteiger partial charge in [-0.05, 0) is 92.1 Å². The molecule has 3 aromatic rings. The van der Waals surface area contributed by atoms with Crippen molar-refractivity contribution in [3.05, 3.63) is 71.5 Å². The zero-order chi connectivity index (χ0) is 31.1. The highest BCUT2D eigenvalue weighted by Crippen LogP contribution is 2.71. The van der Waals surface area contributed by atoms with Crippen LogP contribution in [-0.4, -0.2) is 54.3 Å². The van der Waals surface area contributed by atoms with Crippen LogP contribution in [-0.2, 0) is 16.0 Å². The van der Waals surface area contributed by atoms with Gasteiger partial charge in [0.1, 0.15) is 11.7 Å². The molecule has 0 radical (unpaired) electrons.